The molecule has 0 spiro atoms. The van der Waals surface area contributed by atoms with E-state index >= 15 is 0 Å². The molecule has 0 atom stereocenters. The van der Waals surface area contributed by atoms with Crippen LogP contribution in [0, 0.1) is 0 Å². The van der Waals surface area contributed by atoms with Crippen molar-refractivity contribution in [2.75, 3.05) is 32.8 Å². The van der Waals surface area contributed by atoms with Crippen LogP contribution < -0.4 is 14.8 Å². The maximum Gasteiger partial charge on any atom is 0.354 e. The van der Waals surface area contributed by atoms with Gasteiger partial charge in [-0.15, -0.1) is 0 Å². The number of hydrogen-bond donors (Lipinski definition) is 1. The fourth-order valence-corrected chi connectivity index (χ4v) is 2.68. The highest BCUT2D eigenvalue weighted by atomic mass is 16.6. The van der Waals surface area contributed by atoms with Crippen molar-refractivity contribution < 1.29 is 33.3 Å². The zero-order valence-corrected chi connectivity index (χ0v) is 15.9. The second-order valence-corrected chi connectivity index (χ2v) is 5.97. The van der Waals surface area contributed by atoms with Crippen LogP contribution in [-0.2, 0) is 19.1 Å². The SMILES string of the molecule is COC(=O)/C=C(/Nc1cccc(C(=O)c2ccc3c(c2)OCCO3)c1)C(=O)OC. The van der Waals surface area contributed by atoms with Gasteiger partial charge in [-0.05, 0) is 30.3 Å². The number of ether oxygens (including phenoxy) is 4. The molecule has 2 aromatic carbocycles. The van der Waals surface area contributed by atoms with Crippen LogP contribution in [-0.4, -0.2) is 45.2 Å². The maximum absolute atomic E-state index is 12.9. The molecule has 150 valence electrons. The van der Waals surface area contributed by atoms with Gasteiger partial charge >= 0.3 is 11.9 Å². The molecule has 0 saturated heterocycles. The molecule has 0 unspecified atom stereocenters. The van der Waals surface area contributed by atoms with Crippen molar-refractivity contribution >= 4 is 23.4 Å². The molecule has 8 heteroatoms. The van der Waals surface area contributed by atoms with E-state index in [0.717, 1.165) is 6.08 Å². The normalized spacial score (nSPS) is 12.7. The summed E-state index contributed by atoms with van der Waals surface area (Å²) in [4.78, 5) is 36.3. The molecule has 0 fully saturated rings. The van der Waals surface area contributed by atoms with Crippen LogP contribution in [0.2, 0.25) is 0 Å². The quantitative estimate of drug-likeness (QED) is 0.450. The average molecular weight is 397 g/mol. The van der Waals surface area contributed by atoms with Crippen LogP contribution in [0.1, 0.15) is 15.9 Å². The standard InChI is InChI=1S/C21H19NO7/c1-26-19(23)12-16(21(25)27-2)22-15-5-3-4-13(10-15)20(24)14-6-7-17-18(11-14)29-9-8-28-17/h3-7,10-12,22H,8-9H2,1-2H3/b16-12+. The Bertz CT molecular complexity index is 981. The Labute approximate surface area is 167 Å². The Hall–Kier alpha value is -3.81. The lowest BCUT2D eigenvalue weighted by Gasteiger charge is -2.18. The first-order chi connectivity index (χ1) is 14.0. The van der Waals surface area contributed by atoms with E-state index in [1.165, 1.54) is 14.2 Å². The predicted octanol–water partition coefficient (Wildman–Crippen LogP) is 2.33. The number of fused-ring (bicyclic) bond motifs is 1. The van der Waals surface area contributed by atoms with Gasteiger partial charge in [-0.2, -0.15) is 0 Å². The molecular formula is C21H19NO7. The Morgan fingerprint density at radius 2 is 1.66 bits per heavy atom. The summed E-state index contributed by atoms with van der Waals surface area (Å²) < 4.78 is 20.2. The third-order valence-corrected chi connectivity index (χ3v) is 4.08. The summed E-state index contributed by atoms with van der Waals surface area (Å²) in [7, 11) is 2.39. The highest BCUT2D eigenvalue weighted by Crippen LogP contribution is 2.31. The number of esters is 2. The van der Waals surface area contributed by atoms with E-state index in [4.69, 9.17) is 9.47 Å². The predicted molar refractivity (Wildman–Crippen MR) is 103 cm³/mol. The summed E-state index contributed by atoms with van der Waals surface area (Å²) in [6.07, 6.45) is 0.973. The first kappa shape index (κ1) is 19.9. The number of rotatable bonds is 6. The molecule has 0 amide bonds. The number of carbonyl (C=O) groups is 3. The second-order valence-electron chi connectivity index (χ2n) is 5.97. The molecule has 1 aliphatic rings. The zero-order chi connectivity index (χ0) is 20.8. The fourth-order valence-electron chi connectivity index (χ4n) is 2.68. The summed E-state index contributed by atoms with van der Waals surface area (Å²) in [6.45, 7) is 0.891. The average Bonchev–Trinajstić information content (AvgIpc) is 2.77. The van der Waals surface area contributed by atoms with E-state index in [9.17, 15) is 14.4 Å². The monoisotopic (exact) mass is 397 g/mol. The van der Waals surface area contributed by atoms with Gasteiger partial charge in [0.15, 0.2) is 17.3 Å². The van der Waals surface area contributed by atoms with Gasteiger partial charge in [-0.1, -0.05) is 12.1 Å². The van der Waals surface area contributed by atoms with Crippen molar-refractivity contribution in [3.63, 3.8) is 0 Å². The summed E-state index contributed by atoms with van der Waals surface area (Å²) >= 11 is 0. The molecule has 8 nitrogen and oxygen atoms in total. The lowest BCUT2D eigenvalue weighted by Crippen LogP contribution is -2.16. The molecule has 1 heterocycles. The molecule has 1 aliphatic heterocycles. The van der Waals surface area contributed by atoms with Crippen molar-refractivity contribution in [1.82, 2.24) is 0 Å². The number of hydrogen-bond acceptors (Lipinski definition) is 8. The number of ketones is 1. The largest absolute Gasteiger partial charge is 0.486 e. The van der Waals surface area contributed by atoms with E-state index in [-0.39, 0.29) is 11.5 Å². The van der Waals surface area contributed by atoms with Crippen molar-refractivity contribution in [3.05, 3.63) is 65.4 Å². The molecule has 0 bridgehead atoms. The van der Waals surface area contributed by atoms with E-state index in [1.54, 1.807) is 42.5 Å². The number of anilines is 1. The molecule has 0 aliphatic carbocycles. The molecule has 0 saturated carbocycles. The van der Waals surface area contributed by atoms with E-state index < -0.39 is 11.9 Å². The Morgan fingerprint density at radius 1 is 0.931 bits per heavy atom. The Balaban J connectivity index is 1.85. The highest BCUT2D eigenvalue weighted by molar-refractivity contribution is 6.10. The van der Waals surface area contributed by atoms with Crippen LogP contribution in [0.3, 0.4) is 0 Å². The highest BCUT2D eigenvalue weighted by Gasteiger charge is 2.17. The minimum Gasteiger partial charge on any atom is -0.486 e. The van der Waals surface area contributed by atoms with Crippen molar-refractivity contribution in [2.24, 2.45) is 0 Å². The molecule has 2 aromatic rings. The maximum atomic E-state index is 12.9. The van der Waals surface area contributed by atoms with Gasteiger partial charge in [0.2, 0.25) is 0 Å². The molecular weight excluding hydrogens is 378 g/mol. The minimum atomic E-state index is -0.751. The smallest absolute Gasteiger partial charge is 0.354 e. The van der Waals surface area contributed by atoms with E-state index in [1.807, 2.05) is 0 Å². The molecule has 29 heavy (non-hydrogen) atoms. The number of benzene rings is 2. The van der Waals surface area contributed by atoms with Gasteiger partial charge in [0.05, 0.1) is 20.3 Å². The second kappa shape index (κ2) is 8.92. The minimum absolute atomic E-state index is 0.122. The van der Waals surface area contributed by atoms with Gasteiger partial charge in [-0.3, -0.25) is 4.79 Å². The van der Waals surface area contributed by atoms with Crippen LogP contribution in [0.15, 0.2) is 54.2 Å². The topological polar surface area (TPSA) is 100 Å². The van der Waals surface area contributed by atoms with Crippen LogP contribution in [0.4, 0.5) is 5.69 Å². The Kier molecular flexibility index (Phi) is 6.13. The van der Waals surface area contributed by atoms with Gasteiger partial charge in [0, 0.05) is 16.8 Å². The van der Waals surface area contributed by atoms with Gasteiger partial charge < -0.3 is 24.3 Å². The number of methoxy groups -OCH3 is 2. The number of carbonyl (C=O) groups excluding carboxylic acids is 3. The number of nitrogens with one attached hydrogen (secondary N) is 1. The van der Waals surface area contributed by atoms with Gasteiger partial charge in [-0.25, -0.2) is 9.59 Å². The lowest BCUT2D eigenvalue weighted by molar-refractivity contribution is -0.138. The molecule has 0 aromatic heterocycles. The zero-order valence-electron chi connectivity index (χ0n) is 15.9. The molecule has 3 rings (SSSR count). The fraction of sp³-hybridized carbons (Fsp3) is 0.190. The molecule has 1 N–H and O–H groups in total. The van der Waals surface area contributed by atoms with Crippen molar-refractivity contribution in [3.8, 4) is 11.5 Å². The Morgan fingerprint density at radius 3 is 2.38 bits per heavy atom. The van der Waals surface area contributed by atoms with E-state index in [2.05, 4.69) is 14.8 Å². The first-order valence-electron chi connectivity index (χ1n) is 8.71. The third kappa shape index (κ3) is 4.73. The van der Waals surface area contributed by atoms with Crippen LogP contribution in [0.5, 0.6) is 11.5 Å². The van der Waals surface area contributed by atoms with Crippen LogP contribution >= 0.6 is 0 Å². The summed E-state index contributed by atoms with van der Waals surface area (Å²) in [5.74, 6) is -0.591. The summed E-state index contributed by atoms with van der Waals surface area (Å²) in [5.41, 5.74) is 1.12. The van der Waals surface area contributed by atoms with Gasteiger partial charge in [0.1, 0.15) is 18.9 Å². The van der Waals surface area contributed by atoms with Crippen molar-refractivity contribution in [1.29, 1.82) is 0 Å². The van der Waals surface area contributed by atoms with E-state index in [0.29, 0.717) is 41.5 Å². The lowest BCUT2D eigenvalue weighted by atomic mass is 10.0. The molecule has 0 radical (unpaired) electrons. The first-order valence-corrected chi connectivity index (χ1v) is 8.71. The summed E-state index contributed by atoms with van der Waals surface area (Å²) in [6, 6.07) is 11.5. The summed E-state index contributed by atoms with van der Waals surface area (Å²) in [5, 5.41) is 2.78. The van der Waals surface area contributed by atoms with Crippen LogP contribution in [0.25, 0.3) is 0 Å². The van der Waals surface area contributed by atoms with Gasteiger partial charge in [0.25, 0.3) is 0 Å². The van der Waals surface area contributed by atoms with Crippen molar-refractivity contribution in [2.45, 2.75) is 0 Å². The third-order valence-electron chi connectivity index (χ3n) is 4.08.